The fourth-order valence-electron chi connectivity index (χ4n) is 2.05. The molecule has 2 aromatic rings. The van der Waals surface area contributed by atoms with Crippen LogP contribution in [0.5, 0.6) is 0 Å². The molecule has 0 spiro atoms. The van der Waals surface area contributed by atoms with Gasteiger partial charge in [-0.15, -0.1) is 0 Å². The van der Waals surface area contributed by atoms with Crippen molar-refractivity contribution in [3.63, 3.8) is 0 Å². The van der Waals surface area contributed by atoms with Crippen LogP contribution >= 0.6 is 0 Å². The minimum Gasteiger partial charge on any atom is -0.351 e. The lowest BCUT2D eigenvalue weighted by Crippen LogP contribution is -2.37. The van der Waals surface area contributed by atoms with Crippen LogP contribution in [0.2, 0.25) is 0 Å². The van der Waals surface area contributed by atoms with Gasteiger partial charge in [0.15, 0.2) is 0 Å². The van der Waals surface area contributed by atoms with Gasteiger partial charge in [0.1, 0.15) is 5.82 Å². The largest absolute Gasteiger partial charge is 0.351 e. The van der Waals surface area contributed by atoms with Gasteiger partial charge >= 0.3 is 0 Å². The number of hydrogen-bond donors (Lipinski definition) is 1. The van der Waals surface area contributed by atoms with Gasteiger partial charge < -0.3 is 5.32 Å². The molecule has 1 heterocycles. The first-order valence-corrected chi connectivity index (χ1v) is 9.09. The first kappa shape index (κ1) is 18.0. The van der Waals surface area contributed by atoms with Gasteiger partial charge in [0.2, 0.25) is 10.0 Å². The Morgan fingerprint density at radius 3 is 2.38 bits per heavy atom. The van der Waals surface area contributed by atoms with Gasteiger partial charge in [-0.25, -0.2) is 12.8 Å². The Bertz CT molecular complexity index is 780. The monoisotopic (exact) mass is 351 g/mol. The van der Waals surface area contributed by atoms with E-state index in [0.717, 1.165) is 11.8 Å². The van der Waals surface area contributed by atoms with Crippen molar-refractivity contribution < 1.29 is 17.6 Å². The predicted octanol–water partition coefficient (Wildman–Crippen LogP) is 1.41. The SMILES string of the molecule is CS(=O)(=O)N(CCNC(=O)c1ccc(F)cc1)Cc1ccncc1. The fourth-order valence-corrected chi connectivity index (χ4v) is 2.86. The lowest BCUT2D eigenvalue weighted by molar-refractivity contribution is 0.0951. The topological polar surface area (TPSA) is 79.4 Å². The number of carbonyl (C=O) groups excluding carboxylic acids is 1. The number of nitrogens with zero attached hydrogens (tertiary/aromatic N) is 2. The minimum atomic E-state index is -3.42. The third-order valence-electron chi connectivity index (χ3n) is 3.33. The van der Waals surface area contributed by atoms with Crippen molar-refractivity contribution in [3.8, 4) is 0 Å². The number of hydrogen-bond acceptors (Lipinski definition) is 4. The first-order valence-electron chi connectivity index (χ1n) is 7.24. The number of halogens is 1. The summed E-state index contributed by atoms with van der Waals surface area (Å²) in [6.07, 6.45) is 4.30. The number of sulfonamides is 1. The number of nitrogens with one attached hydrogen (secondary N) is 1. The molecule has 0 aliphatic rings. The summed E-state index contributed by atoms with van der Waals surface area (Å²) in [6.45, 7) is 0.482. The third kappa shape index (κ3) is 5.39. The van der Waals surface area contributed by atoms with E-state index in [1.807, 2.05) is 0 Å². The van der Waals surface area contributed by atoms with Gasteiger partial charge in [0.25, 0.3) is 5.91 Å². The van der Waals surface area contributed by atoms with E-state index in [4.69, 9.17) is 0 Å². The maximum Gasteiger partial charge on any atom is 0.251 e. The summed E-state index contributed by atoms with van der Waals surface area (Å²) in [5.74, 6) is -0.806. The summed E-state index contributed by atoms with van der Waals surface area (Å²) in [4.78, 5) is 15.8. The molecule has 0 unspecified atom stereocenters. The first-order chi connectivity index (χ1) is 11.4. The second-order valence-electron chi connectivity index (χ2n) is 5.21. The van der Waals surface area contributed by atoms with Gasteiger partial charge in [-0.05, 0) is 42.0 Å². The molecule has 128 valence electrons. The Morgan fingerprint density at radius 2 is 1.79 bits per heavy atom. The molecule has 1 amide bonds. The van der Waals surface area contributed by atoms with E-state index in [2.05, 4.69) is 10.3 Å². The maximum absolute atomic E-state index is 12.8. The second-order valence-corrected chi connectivity index (χ2v) is 7.20. The Hall–Kier alpha value is -2.32. The third-order valence-corrected chi connectivity index (χ3v) is 4.58. The van der Waals surface area contributed by atoms with Crippen LogP contribution in [0.1, 0.15) is 15.9 Å². The van der Waals surface area contributed by atoms with Gasteiger partial charge in [0, 0.05) is 37.6 Å². The van der Waals surface area contributed by atoms with Crippen LogP contribution in [0, 0.1) is 5.82 Å². The predicted molar refractivity (Wildman–Crippen MR) is 88.2 cm³/mol. The summed E-state index contributed by atoms with van der Waals surface area (Å²) in [7, 11) is -3.42. The van der Waals surface area contributed by atoms with Crippen molar-refractivity contribution in [2.45, 2.75) is 6.54 Å². The summed E-state index contributed by atoms with van der Waals surface area (Å²) in [5.41, 5.74) is 1.12. The lowest BCUT2D eigenvalue weighted by Gasteiger charge is -2.20. The van der Waals surface area contributed by atoms with Crippen molar-refractivity contribution in [1.29, 1.82) is 0 Å². The summed E-state index contributed by atoms with van der Waals surface area (Å²) < 4.78 is 37.9. The molecule has 1 aromatic heterocycles. The molecule has 6 nitrogen and oxygen atoms in total. The molecule has 0 bridgehead atoms. The number of pyridine rings is 1. The van der Waals surface area contributed by atoms with Crippen molar-refractivity contribution in [3.05, 3.63) is 65.7 Å². The van der Waals surface area contributed by atoms with Gasteiger partial charge in [-0.2, -0.15) is 4.31 Å². The van der Waals surface area contributed by atoms with Gasteiger partial charge in [-0.3, -0.25) is 9.78 Å². The quantitative estimate of drug-likeness (QED) is 0.818. The smallest absolute Gasteiger partial charge is 0.251 e. The number of amides is 1. The molecule has 0 saturated carbocycles. The van der Waals surface area contributed by atoms with Crippen LogP contribution < -0.4 is 5.32 Å². The van der Waals surface area contributed by atoms with E-state index >= 15 is 0 Å². The minimum absolute atomic E-state index is 0.133. The molecule has 0 radical (unpaired) electrons. The highest BCUT2D eigenvalue weighted by atomic mass is 32.2. The van der Waals surface area contributed by atoms with Gasteiger partial charge in [0.05, 0.1) is 6.26 Å². The van der Waals surface area contributed by atoms with Crippen LogP contribution in [0.15, 0.2) is 48.8 Å². The summed E-state index contributed by atoms with van der Waals surface area (Å²) in [5, 5.41) is 2.63. The van der Waals surface area contributed by atoms with E-state index in [1.165, 1.54) is 28.6 Å². The molecule has 0 saturated heterocycles. The molecule has 2 rings (SSSR count). The number of aromatic nitrogens is 1. The van der Waals surface area contributed by atoms with Crippen LogP contribution in [0.25, 0.3) is 0 Å². The molecule has 0 atom stereocenters. The Labute approximate surface area is 140 Å². The van der Waals surface area contributed by atoms with Crippen LogP contribution in [-0.4, -0.2) is 43.0 Å². The van der Waals surface area contributed by atoms with Crippen molar-refractivity contribution in [1.82, 2.24) is 14.6 Å². The van der Waals surface area contributed by atoms with E-state index in [1.54, 1.807) is 24.5 Å². The van der Waals surface area contributed by atoms with Crippen LogP contribution in [0.3, 0.4) is 0 Å². The zero-order chi connectivity index (χ0) is 17.6. The average molecular weight is 351 g/mol. The highest BCUT2D eigenvalue weighted by Gasteiger charge is 2.17. The van der Waals surface area contributed by atoms with Crippen molar-refractivity contribution in [2.24, 2.45) is 0 Å². The Morgan fingerprint density at radius 1 is 1.17 bits per heavy atom. The van der Waals surface area contributed by atoms with Crippen LogP contribution in [0.4, 0.5) is 4.39 Å². The zero-order valence-corrected chi connectivity index (χ0v) is 14.0. The molecular weight excluding hydrogens is 333 g/mol. The molecular formula is C16H18FN3O3S. The number of rotatable bonds is 7. The number of carbonyl (C=O) groups is 1. The highest BCUT2D eigenvalue weighted by Crippen LogP contribution is 2.07. The summed E-state index contributed by atoms with van der Waals surface area (Å²) in [6, 6.07) is 8.60. The molecule has 0 fully saturated rings. The summed E-state index contributed by atoms with van der Waals surface area (Å²) >= 11 is 0. The Kier molecular flexibility index (Phi) is 5.99. The standard InChI is InChI=1S/C16H18FN3O3S/c1-24(22,23)20(12-13-6-8-18-9-7-13)11-10-19-16(21)14-2-4-15(17)5-3-14/h2-9H,10-12H2,1H3,(H,19,21). The molecule has 1 N–H and O–H groups in total. The Balaban J connectivity index is 1.93. The highest BCUT2D eigenvalue weighted by molar-refractivity contribution is 7.88. The average Bonchev–Trinajstić information content (AvgIpc) is 2.54. The van der Waals surface area contributed by atoms with E-state index < -0.39 is 15.8 Å². The lowest BCUT2D eigenvalue weighted by atomic mass is 10.2. The normalized spacial score (nSPS) is 11.5. The molecule has 8 heteroatoms. The van der Waals surface area contributed by atoms with E-state index in [-0.39, 0.29) is 25.5 Å². The van der Waals surface area contributed by atoms with Crippen LogP contribution in [-0.2, 0) is 16.6 Å². The van der Waals surface area contributed by atoms with Gasteiger partial charge in [-0.1, -0.05) is 0 Å². The second kappa shape index (κ2) is 7.98. The van der Waals surface area contributed by atoms with Crippen molar-refractivity contribution >= 4 is 15.9 Å². The molecule has 0 aliphatic carbocycles. The zero-order valence-electron chi connectivity index (χ0n) is 13.1. The molecule has 24 heavy (non-hydrogen) atoms. The van der Waals surface area contributed by atoms with Crippen molar-refractivity contribution in [2.75, 3.05) is 19.3 Å². The molecule has 1 aromatic carbocycles. The number of benzene rings is 1. The maximum atomic E-state index is 12.8. The van der Waals surface area contributed by atoms with E-state index in [9.17, 15) is 17.6 Å². The fraction of sp³-hybridized carbons (Fsp3) is 0.250. The molecule has 0 aliphatic heterocycles. The van der Waals surface area contributed by atoms with E-state index in [0.29, 0.717) is 5.56 Å².